The van der Waals surface area contributed by atoms with Crippen LogP contribution in [0.2, 0.25) is 5.04 Å². The van der Waals surface area contributed by atoms with Gasteiger partial charge in [0.15, 0.2) is 0 Å². The van der Waals surface area contributed by atoms with Gasteiger partial charge >= 0.3 is 5.69 Å². The molecule has 38 heavy (non-hydrogen) atoms. The maximum absolute atomic E-state index is 12.6. The van der Waals surface area contributed by atoms with E-state index in [1.54, 1.807) is 13.1 Å². The lowest BCUT2D eigenvalue weighted by atomic mass is 9.97. The lowest BCUT2D eigenvalue weighted by molar-refractivity contribution is -0.0299. The molecule has 1 saturated heterocycles. The minimum Gasteiger partial charge on any atom is -0.405 e. The summed E-state index contributed by atoms with van der Waals surface area (Å²) in [6.45, 7) is 9.43. The zero-order valence-corrected chi connectivity index (χ0v) is 24.3. The summed E-state index contributed by atoms with van der Waals surface area (Å²) >= 11 is 0. The van der Waals surface area contributed by atoms with E-state index in [2.05, 4.69) is 79.7 Å². The molecule has 2 heterocycles. The highest BCUT2D eigenvalue weighted by molar-refractivity contribution is 6.99. The minimum atomic E-state index is -2.74. The molecule has 1 aromatic heterocycles. The van der Waals surface area contributed by atoms with Gasteiger partial charge in [0.05, 0.1) is 12.7 Å². The van der Waals surface area contributed by atoms with Gasteiger partial charge in [-0.05, 0) is 41.1 Å². The second-order valence-corrected chi connectivity index (χ2v) is 15.1. The number of aromatic amines is 1. The molecule has 0 aliphatic carbocycles. The van der Waals surface area contributed by atoms with Crippen LogP contribution < -0.4 is 32.9 Å². The number of benzene rings is 2. The number of nitrogens with two attached hydrogens (primary N) is 1. The second kappa shape index (κ2) is 12.5. The molecule has 4 rings (SSSR count). The molecule has 1 aliphatic rings. The number of aromatic nitrogens is 2. The van der Waals surface area contributed by atoms with Crippen LogP contribution in [-0.4, -0.2) is 37.1 Å². The smallest absolute Gasteiger partial charge is 0.330 e. The summed E-state index contributed by atoms with van der Waals surface area (Å²) in [5, 5.41) is 2.25. The van der Waals surface area contributed by atoms with Gasteiger partial charge in [-0.1, -0.05) is 81.4 Å². The summed E-state index contributed by atoms with van der Waals surface area (Å²) in [5.41, 5.74) is 2.36. The monoisotopic (exact) mass is 558 g/mol. The van der Waals surface area contributed by atoms with Gasteiger partial charge in [-0.3, -0.25) is 25.6 Å². The van der Waals surface area contributed by atoms with Crippen LogP contribution >= 0.6 is 12.4 Å². The second-order valence-electron chi connectivity index (χ2n) is 10.8. The van der Waals surface area contributed by atoms with E-state index < -0.39 is 20.2 Å². The number of nitrogens with zero attached hydrogens (tertiary/aromatic N) is 1. The molecular formula is C28H39ClN4O4Si. The van der Waals surface area contributed by atoms with Crippen LogP contribution in [0.5, 0.6) is 0 Å². The normalized spacial score (nSPS) is 19.8. The molecular weight excluding hydrogens is 520 g/mol. The third-order valence-corrected chi connectivity index (χ3v) is 12.4. The average molecular weight is 559 g/mol. The summed E-state index contributed by atoms with van der Waals surface area (Å²) in [6, 6.07) is 21.0. The Bertz CT molecular complexity index is 1250. The van der Waals surface area contributed by atoms with E-state index in [1.165, 1.54) is 14.9 Å². The van der Waals surface area contributed by atoms with Crippen molar-refractivity contribution in [2.45, 2.75) is 57.9 Å². The summed E-state index contributed by atoms with van der Waals surface area (Å²) < 4.78 is 15.1. The average Bonchev–Trinajstić information content (AvgIpc) is 3.28. The van der Waals surface area contributed by atoms with Gasteiger partial charge in [0, 0.05) is 18.3 Å². The Morgan fingerprint density at radius 2 is 1.66 bits per heavy atom. The number of nitrogens with one attached hydrogen (secondary N) is 2. The zero-order chi connectivity index (χ0) is 26.6. The lowest BCUT2D eigenvalue weighted by Gasteiger charge is -2.43. The Morgan fingerprint density at radius 3 is 2.18 bits per heavy atom. The van der Waals surface area contributed by atoms with Gasteiger partial charge in [0.25, 0.3) is 13.9 Å². The number of H-pyrrole nitrogens is 1. The highest BCUT2D eigenvalue weighted by Gasteiger charge is 2.51. The van der Waals surface area contributed by atoms with Gasteiger partial charge in [0.2, 0.25) is 0 Å². The van der Waals surface area contributed by atoms with Crippen molar-refractivity contribution in [1.29, 1.82) is 0 Å². The van der Waals surface area contributed by atoms with Crippen LogP contribution in [0.4, 0.5) is 0 Å². The first kappa shape index (κ1) is 30.0. The number of rotatable bonds is 9. The molecule has 0 bridgehead atoms. The molecule has 206 valence electrons. The van der Waals surface area contributed by atoms with Crippen molar-refractivity contribution >= 4 is 31.1 Å². The predicted molar refractivity (Wildman–Crippen MR) is 156 cm³/mol. The molecule has 3 atom stereocenters. The Hall–Kier alpha value is -2.53. The van der Waals surface area contributed by atoms with Crippen LogP contribution in [0.25, 0.3) is 0 Å². The largest absolute Gasteiger partial charge is 0.405 e. The number of hydrogen-bond donors (Lipinski definition) is 3. The van der Waals surface area contributed by atoms with E-state index in [1.807, 2.05) is 12.1 Å². The molecule has 2 aromatic carbocycles. The quantitative estimate of drug-likeness (QED) is 0.211. The van der Waals surface area contributed by atoms with E-state index in [0.717, 1.165) is 6.42 Å². The van der Waals surface area contributed by atoms with Gasteiger partial charge in [-0.25, -0.2) is 4.79 Å². The van der Waals surface area contributed by atoms with E-state index in [4.69, 9.17) is 15.0 Å². The first-order valence-electron chi connectivity index (χ1n) is 12.8. The van der Waals surface area contributed by atoms with E-state index in [-0.39, 0.29) is 35.0 Å². The highest BCUT2D eigenvalue weighted by Crippen LogP contribution is 2.39. The molecule has 10 heteroatoms. The number of aryl methyl sites for hydroxylation is 1. The van der Waals surface area contributed by atoms with Crippen LogP contribution in [0.1, 0.15) is 45.4 Å². The van der Waals surface area contributed by atoms with Gasteiger partial charge in [-0.15, -0.1) is 12.4 Å². The molecule has 0 radical (unpaired) electrons. The van der Waals surface area contributed by atoms with Crippen LogP contribution in [0.15, 0.2) is 76.4 Å². The van der Waals surface area contributed by atoms with E-state index >= 15 is 0 Å². The fourth-order valence-electron chi connectivity index (χ4n) is 5.47. The van der Waals surface area contributed by atoms with Crippen molar-refractivity contribution in [3.63, 3.8) is 0 Å². The van der Waals surface area contributed by atoms with Crippen molar-refractivity contribution in [3.05, 3.63) is 93.3 Å². The summed E-state index contributed by atoms with van der Waals surface area (Å²) in [6.07, 6.45) is 2.26. The van der Waals surface area contributed by atoms with Crippen LogP contribution in [0.3, 0.4) is 0 Å². The van der Waals surface area contributed by atoms with Crippen LogP contribution in [0, 0.1) is 12.8 Å². The third-order valence-electron chi connectivity index (χ3n) is 7.36. The molecule has 1 aliphatic heterocycles. The fraction of sp³-hybridized carbons (Fsp3) is 0.429. The molecule has 1 fully saturated rings. The zero-order valence-electron chi connectivity index (χ0n) is 22.5. The van der Waals surface area contributed by atoms with Crippen molar-refractivity contribution in [2.24, 2.45) is 11.8 Å². The summed E-state index contributed by atoms with van der Waals surface area (Å²) in [5.74, 6) is 5.72. The maximum Gasteiger partial charge on any atom is 0.330 e. The fourth-order valence-corrected chi connectivity index (χ4v) is 10.0. The van der Waals surface area contributed by atoms with Crippen molar-refractivity contribution in [1.82, 2.24) is 15.0 Å². The van der Waals surface area contributed by atoms with E-state index in [9.17, 15) is 9.59 Å². The minimum absolute atomic E-state index is 0. The van der Waals surface area contributed by atoms with Crippen LogP contribution in [-0.2, 0) is 9.16 Å². The van der Waals surface area contributed by atoms with Gasteiger partial charge in [-0.2, -0.15) is 0 Å². The van der Waals surface area contributed by atoms with Gasteiger partial charge in [0.1, 0.15) is 6.23 Å². The maximum atomic E-state index is 12.6. The molecule has 0 amide bonds. The molecule has 0 saturated carbocycles. The topological polar surface area (TPSA) is 111 Å². The third kappa shape index (κ3) is 6.03. The number of hydrogen-bond acceptors (Lipinski definition) is 6. The predicted octanol–water partition coefficient (Wildman–Crippen LogP) is 2.60. The Labute approximate surface area is 231 Å². The van der Waals surface area contributed by atoms with E-state index in [0.29, 0.717) is 25.1 Å². The molecule has 8 nitrogen and oxygen atoms in total. The molecule has 0 unspecified atom stereocenters. The van der Waals surface area contributed by atoms with Gasteiger partial charge < -0.3 is 9.16 Å². The first-order valence-corrected chi connectivity index (χ1v) is 14.7. The first-order chi connectivity index (χ1) is 17.7. The standard InChI is InChI=1S/C28H38N4O4Si.ClH/c1-20-18-32(27(34)31-26(20)33)25-17-21(15-16-30-29)24(36-25)19-35-37(28(2,3)4,22-11-7-5-8-12-22)23-13-9-6-10-14-23;/h5-14,18,21,24-25,30H,15-17,19,29H2,1-4H3,(H,31,33,34);1H/t21-,24+,25+;/m0./s1. The molecule has 3 aromatic rings. The number of ether oxygens (including phenoxy) is 1. The summed E-state index contributed by atoms with van der Waals surface area (Å²) in [4.78, 5) is 26.9. The SMILES string of the molecule is Cc1cn([C@H]2C[C@H](CCNN)[C@@H](CO[Si](c3ccccc3)(c3ccccc3)C(C)(C)C)O2)c(=O)[nH]c1=O.Cl. The molecule has 0 spiro atoms. The van der Waals surface area contributed by atoms with Crippen molar-refractivity contribution in [2.75, 3.05) is 13.2 Å². The lowest BCUT2D eigenvalue weighted by Crippen LogP contribution is -2.67. The Kier molecular flexibility index (Phi) is 9.91. The Balaban J connectivity index is 0.00000400. The van der Waals surface area contributed by atoms with Crippen molar-refractivity contribution < 1.29 is 9.16 Å². The highest BCUT2D eigenvalue weighted by atomic mass is 35.5. The summed E-state index contributed by atoms with van der Waals surface area (Å²) in [7, 11) is -2.74. The number of halogens is 1. The molecule has 4 N–H and O–H groups in total. The Morgan fingerprint density at radius 1 is 1.08 bits per heavy atom. The number of hydrazine groups is 1. The van der Waals surface area contributed by atoms with Crippen molar-refractivity contribution in [3.8, 4) is 0 Å².